The van der Waals surface area contributed by atoms with Crippen molar-refractivity contribution < 1.29 is 50.1 Å². The molecule has 2 aromatic carbocycles. The van der Waals surface area contributed by atoms with Crippen LogP contribution in [-0.4, -0.2) is 49.8 Å². The molecule has 1 aliphatic rings. The molecular formula is C25H24F7N3O4. The summed E-state index contributed by atoms with van der Waals surface area (Å²) in [6, 6.07) is 4.04. The number of allylic oxidation sites excluding steroid dienone is 1. The Morgan fingerprint density at radius 1 is 1.18 bits per heavy atom. The summed E-state index contributed by atoms with van der Waals surface area (Å²) in [6.07, 6.45) is -10.1. The van der Waals surface area contributed by atoms with Crippen molar-refractivity contribution in [3.05, 3.63) is 65.1 Å². The first-order valence-electron chi connectivity index (χ1n) is 11.5. The molecule has 39 heavy (non-hydrogen) atoms. The molecule has 0 aromatic heterocycles. The summed E-state index contributed by atoms with van der Waals surface area (Å²) in [5, 5.41) is 9.29. The van der Waals surface area contributed by atoms with Gasteiger partial charge in [0.1, 0.15) is 5.82 Å². The fraction of sp³-hybridized carbons (Fsp3) is 0.360. The van der Waals surface area contributed by atoms with Crippen molar-refractivity contribution in [2.45, 2.75) is 37.3 Å². The maximum absolute atomic E-state index is 14.0. The molecule has 0 radical (unpaired) electrons. The number of aliphatic imine (C=N–C) groups is 1. The van der Waals surface area contributed by atoms with Gasteiger partial charge >= 0.3 is 18.4 Å². The highest BCUT2D eigenvalue weighted by Gasteiger charge is 2.41. The van der Waals surface area contributed by atoms with E-state index < -0.39 is 58.8 Å². The highest BCUT2D eigenvalue weighted by Crippen LogP contribution is 2.44. The lowest BCUT2D eigenvalue weighted by molar-refractivity contribution is -0.143. The zero-order valence-electron chi connectivity index (χ0n) is 20.4. The predicted molar refractivity (Wildman–Crippen MR) is 128 cm³/mol. The van der Waals surface area contributed by atoms with Gasteiger partial charge in [-0.15, -0.1) is 0 Å². The molecule has 0 saturated carbocycles. The maximum Gasteiger partial charge on any atom is 0.420 e. The average molecular weight is 563 g/mol. The van der Waals surface area contributed by atoms with Crippen LogP contribution in [0.25, 0.3) is 5.57 Å². The summed E-state index contributed by atoms with van der Waals surface area (Å²) in [5.41, 5.74) is 0.939. The average Bonchev–Trinajstić information content (AvgIpc) is 2.88. The Hall–Kier alpha value is -3.65. The van der Waals surface area contributed by atoms with E-state index in [1.54, 1.807) is 0 Å². The van der Waals surface area contributed by atoms with Gasteiger partial charge in [-0.2, -0.15) is 26.3 Å². The highest BCUT2D eigenvalue weighted by atomic mass is 19.4. The SMILES string of the molecule is CN(C(=O)Oc1c(C(C=NC2CCOC(CO)C2)=CN)cc(C(F)(F)F)cc1C(F)(F)F)c1ccc(F)cc1. The molecule has 7 nitrogen and oxygen atoms in total. The first-order chi connectivity index (χ1) is 18.2. The normalized spacial score (nSPS) is 18.8. The summed E-state index contributed by atoms with van der Waals surface area (Å²) in [4.78, 5) is 17.8. The number of carbonyl (C=O) groups is 1. The molecule has 14 heteroatoms. The number of nitrogens with zero attached hydrogens (tertiary/aromatic N) is 2. The summed E-state index contributed by atoms with van der Waals surface area (Å²) in [6.45, 7) is -0.0644. The highest BCUT2D eigenvalue weighted by molar-refractivity contribution is 6.11. The quantitative estimate of drug-likeness (QED) is 0.362. The van der Waals surface area contributed by atoms with Gasteiger partial charge in [-0.25, -0.2) is 9.18 Å². The van der Waals surface area contributed by atoms with Crippen molar-refractivity contribution >= 4 is 23.6 Å². The van der Waals surface area contributed by atoms with Crippen LogP contribution in [0.5, 0.6) is 5.75 Å². The number of hydrogen-bond acceptors (Lipinski definition) is 6. The standard InChI is InChI=1S/C25H24F7N3O4/c1-35(18-4-2-16(26)3-5-18)23(37)39-22-20(8-15(24(27,28)29)9-21(22)25(30,31)32)14(11-33)12-34-17-6-7-38-19(10-17)13-36/h2-5,8-9,11-12,17,19,36H,6-7,10,13,33H2,1H3. The number of rotatable bonds is 6. The van der Waals surface area contributed by atoms with E-state index in [1.165, 1.54) is 0 Å². The topological polar surface area (TPSA) is 97.4 Å². The van der Waals surface area contributed by atoms with Crippen molar-refractivity contribution in [2.24, 2.45) is 10.7 Å². The first-order valence-corrected chi connectivity index (χ1v) is 11.5. The third-order valence-electron chi connectivity index (χ3n) is 5.86. The number of anilines is 1. The molecule has 0 aliphatic carbocycles. The summed E-state index contributed by atoms with van der Waals surface area (Å²) in [7, 11) is 1.12. The van der Waals surface area contributed by atoms with Crippen molar-refractivity contribution in [2.75, 3.05) is 25.2 Å². The fourth-order valence-corrected chi connectivity index (χ4v) is 3.76. The molecule has 3 rings (SSSR count). The second-order valence-electron chi connectivity index (χ2n) is 8.55. The minimum absolute atomic E-state index is 0.0394. The molecule has 2 unspecified atom stereocenters. The zero-order valence-corrected chi connectivity index (χ0v) is 20.4. The number of hydrogen-bond donors (Lipinski definition) is 2. The molecule has 0 bridgehead atoms. The van der Waals surface area contributed by atoms with Gasteiger partial charge in [0.2, 0.25) is 0 Å². The molecule has 1 fully saturated rings. The van der Waals surface area contributed by atoms with Gasteiger partial charge in [0, 0.05) is 42.9 Å². The Morgan fingerprint density at radius 3 is 2.41 bits per heavy atom. The largest absolute Gasteiger partial charge is 0.420 e. The number of halogens is 7. The minimum atomic E-state index is -5.37. The van der Waals surface area contributed by atoms with E-state index in [4.69, 9.17) is 15.2 Å². The second-order valence-corrected chi connectivity index (χ2v) is 8.55. The van der Waals surface area contributed by atoms with E-state index in [2.05, 4.69) is 4.99 Å². The van der Waals surface area contributed by atoms with Crippen LogP contribution >= 0.6 is 0 Å². The van der Waals surface area contributed by atoms with Crippen LogP contribution in [0, 0.1) is 5.82 Å². The van der Waals surface area contributed by atoms with Crippen LogP contribution < -0.4 is 15.4 Å². The molecule has 2 atom stereocenters. The van der Waals surface area contributed by atoms with Crippen molar-refractivity contribution in [3.63, 3.8) is 0 Å². The third-order valence-corrected chi connectivity index (χ3v) is 5.86. The molecule has 1 aliphatic heterocycles. The van der Waals surface area contributed by atoms with Gasteiger partial charge < -0.3 is 20.3 Å². The van der Waals surface area contributed by atoms with Crippen molar-refractivity contribution in [1.82, 2.24) is 0 Å². The van der Waals surface area contributed by atoms with Crippen LogP contribution in [0.2, 0.25) is 0 Å². The number of amides is 1. The smallest absolute Gasteiger partial charge is 0.409 e. The van der Waals surface area contributed by atoms with Crippen LogP contribution in [0.15, 0.2) is 47.6 Å². The number of carbonyl (C=O) groups excluding carboxylic acids is 1. The van der Waals surface area contributed by atoms with Crippen molar-refractivity contribution in [3.8, 4) is 5.75 Å². The number of aliphatic hydroxyl groups excluding tert-OH is 1. The van der Waals surface area contributed by atoms with Gasteiger partial charge in [0.25, 0.3) is 0 Å². The Labute approximate surface area is 218 Å². The number of aliphatic hydroxyl groups is 1. The van der Waals surface area contributed by atoms with E-state index in [0.717, 1.165) is 48.6 Å². The summed E-state index contributed by atoms with van der Waals surface area (Å²) < 4.78 is 106. The van der Waals surface area contributed by atoms with Crippen molar-refractivity contribution in [1.29, 1.82) is 0 Å². The lowest BCUT2D eigenvalue weighted by atomic mass is 9.97. The number of benzene rings is 2. The number of nitrogens with two attached hydrogens (primary N) is 1. The van der Waals surface area contributed by atoms with Gasteiger partial charge in [-0.1, -0.05) is 0 Å². The minimum Gasteiger partial charge on any atom is -0.409 e. The van der Waals surface area contributed by atoms with Crippen LogP contribution in [-0.2, 0) is 17.1 Å². The first kappa shape index (κ1) is 29.9. The summed E-state index contributed by atoms with van der Waals surface area (Å²) >= 11 is 0. The molecular weight excluding hydrogens is 539 g/mol. The van der Waals surface area contributed by atoms with E-state index in [0.29, 0.717) is 12.5 Å². The van der Waals surface area contributed by atoms with E-state index in [1.807, 2.05) is 0 Å². The number of alkyl halides is 6. The van der Waals surface area contributed by atoms with Crippen LogP contribution in [0.1, 0.15) is 29.5 Å². The predicted octanol–water partition coefficient (Wildman–Crippen LogP) is 5.41. The van der Waals surface area contributed by atoms with Crippen LogP contribution in [0.3, 0.4) is 0 Å². The van der Waals surface area contributed by atoms with Gasteiger partial charge in [0.05, 0.1) is 29.9 Å². The van der Waals surface area contributed by atoms with Gasteiger partial charge in [-0.3, -0.25) is 9.89 Å². The Bertz CT molecular complexity index is 1230. The maximum atomic E-state index is 14.0. The molecule has 1 amide bonds. The fourth-order valence-electron chi connectivity index (χ4n) is 3.76. The number of ether oxygens (including phenoxy) is 2. The lowest BCUT2D eigenvalue weighted by Gasteiger charge is -2.26. The third kappa shape index (κ3) is 7.47. The Balaban J connectivity index is 2.10. The molecule has 1 saturated heterocycles. The second kappa shape index (κ2) is 12.0. The van der Waals surface area contributed by atoms with E-state index in [-0.39, 0.29) is 37.0 Å². The Kier molecular flexibility index (Phi) is 9.22. The summed E-state index contributed by atoms with van der Waals surface area (Å²) in [5.74, 6) is -1.87. The zero-order chi connectivity index (χ0) is 29.0. The molecule has 212 valence electrons. The van der Waals surface area contributed by atoms with E-state index >= 15 is 0 Å². The molecule has 3 N–H and O–H groups in total. The molecule has 0 spiro atoms. The lowest BCUT2D eigenvalue weighted by Crippen LogP contribution is -2.31. The van der Waals surface area contributed by atoms with Gasteiger partial charge in [-0.05, 0) is 49.2 Å². The van der Waals surface area contributed by atoms with E-state index in [9.17, 15) is 40.6 Å². The van der Waals surface area contributed by atoms with Gasteiger partial charge in [0.15, 0.2) is 5.75 Å². The molecule has 1 heterocycles. The Morgan fingerprint density at radius 2 is 1.85 bits per heavy atom. The van der Waals surface area contributed by atoms with Crippen LogP contribution in [0.4, 0.5) is 41.2 Å². The monoisotopic (exact) mass is 563 g/mol. The molecule has 2 aromatic rings.